The zero-order valence-corrected chi connectivity index (χ0v) is 11.3. The molecule has 0 radical (unpaired) electrons. The maximum atomic E-state index is 5.57. The molecule has 16 heavy (non-hydrogen) atoms. The number of hydrogen-bond donors (Lipinski definition) is 2. The van der Waals surface area contributed by atoms with Gasteiger partial charge in [0.15, 0.2) is 0 Å². The third-order valence-corrected chi connectivity index (χ3v) is 3.24. The van der Waals surface area contributed by atoms with Gasteiger partial charge in [0.2, 0.25) is 0 Å². The standard InChI is InChI=1S/C13H29N3/c1-13(2,3)11-15-10-12-4-7-16(8-5-12)9-6-14/h12,15H,4-11,14H2,1-3H3. The molecule has 0 saturated carbocycles. The summed E-state index contributed by atoms with van der Waals surface area (Å²) in [4.78, 5) is 2.49. The van der Waals surface area contributed by atoms with E-state index in [4.69, 9.17) is 5.73 Å². The van der Waals surface area contributed by atoms with Gasteiger partial charge < -0.3 is 16.0 Å². The Labute approximate surface area is 101 Å². The van der Waals surface area contributed by atoms with Crippen LogP contribution >= 0.6 is 0 Å². The monoisotopic (exact) mass is 227 g/mol. The van der Waals surface area contributed by atoms with E-state index in [2.05, 4.69) is 31.0 Å². The van der Waals surface area contributed by atoms with E-state index in [1.165, 1.54) is 32.5 Å². The molecule has 0 aromatic heterocycles. The first-order chi connectivity index (χ1) is 7.51. The third-order valence-electron chi connectivity index (χ3n) is 3.24. The molecular weight excluding hydrogens is 198 g/mol. The molecule has 0 atom stereocenters. The zero-order valence-electron chi connectivity index (χ0n) is 11.3. The van der Waals surface area contributed by atoms with Gasteiger partial charge in [-0.05, 0) is 50.4 Å². The van der Waals surface area contributed by atoms with Crippen LogP contribution in [0.3, 0.4) is 0 Å². The summed E-state index contributed by atoms with van der Waals surface area (Å²) in [5.74, 6) is 0.872. The fourth-order valence-electron chi connectivity index (χ4n) is 2.25. The highest BCUT2D eigenvalue weighted by Gasteiger charge is 2.18. The first kappa shape index (κ1) is 13.9. The SMILES string of the molecule is CC(C)(C)CNCC1CCN(CCN)CC1. The van der Waals surface area contributed by atoms with Crippen LogP contribution < -0.4 is 11.1 Å². The smallest absolute Gasteiger partial charge is 0.0105 e. The summed E-state index contributed by atoms with van der Waals surface area (Å²) < 4.78 is 0. The second kappa shape index (κ2) is 6.58. The molecule has 1 rings (SSSR count). The Morgan fingerprint density at radius 1 is 1.25 bits per heavy atom. The molecule has 0 spiro atoms. The summed E-state index contributed by atoms with van der Waals surface area (Å²) in [5.41, 5.74) is 5.97. The average Bonchev–Trinajstić information content (AvgIpc) is 2.19. The van der Waals surface area contributed by atoms with Gasteiger partial charge in [0.1, 0.15) is 0 Å². The molecule has 3 heteroatoms. The van der Waals surface area contributed by atoms with E-state index < -0.39 is 0 Å². The highest BCUT2D eigenvalue weighted by Crippen LogP contribution is 2.16. The Morgan fingerprint density at radius 3 is 2.38 bits per heavy atom. The lowest BCUT2D eigenvalue weighted by molar-refractivity contribution is 0.184. The Kier molecular flexibility index (Phi) is 5.73. The predicted octanol–water partition coefficient (Wildman–Crippen LogP) is 1.29. The number of nitrogens with one attached hydrogen (secondary N) is 1. The third kappa shape index (κ3) is 5.83. The molecule has 96 valence electrons. The lowest BCUT2D eigenvalue weighted by Crippen LogP contribution is -2.40. The Hall–Kier alpha value is -0.120. The van der Waals surface area contributed by atoms with E-state index in [0.29, 0.717) is 5.41 Å². The van der Waals surface area contributed by atoms with Gasteiger partial charge in [-0.2, -0.15) is 0 Å². The van der Waals surface area contributed by atoms with Gasteiger partial charge in [-0.15, -0.1) is 0 Å². The van der Waals surface area contributed by atoms with Crippen molar-refractivity contribution in [2.24, 2.45) is 17.1 Å². The van der Waals surface area contributed by atoms with Crippen LogP contribution in [-0.2, 0) is 0 Å². The number of nitrogens with two attached hydrogens (primary N) is 1. The summed E-state index contributed by atoms with van der Waals surface area (Å²) in [6, 6.07) is 0. The summed E-state index contributed by atoms with van der Waals surface area (Å²) in [6.07, 6.45) is 2.66. The Balaban J connectivity index is 2.08. The molecule has 3 N–H and O–H groups in total. The first-order valence-electron chi connectivity index (χ1n) is 6.64. The van der Waals surface area contributed by atoms with Crippen molar-refractivity contribution in [3.05, 3.63) is 0 Å². The van der Waals surface area contributed by atoms with E-state index in [-0.39, 0.29) is 0 Å². The van der Waals surface area contributed by atoms with Crippen LogP contribution in [-0.4, -0.2) is 44.2 Å². The van der Waals surface area contributed by atoms with E-state index in [0.717, 1.165) is 25.6 Å². The Bertz CT molecular complexity index is 178. The minimum Gasteiger partial charge on any atom is -0.329 e. The number of piperidine rings is 1. The zero-order chi connectivity index (χ0) is 12.0. The van der Waals surface area contributed by atoms with Crippen molar-refractivity contribution >= 4 is 0 Å². The quantitative estimate of drug-likeness (QED) is 0.744. The molecule has 0 aromatic carbocycles. The van der Waals surface area contributed by atoms with Crippen LogP contribution in [0.15, 0.2) is 0 Å². The van der Waals surface area contributed by atoms with E-state index in [1.54, 1.807) is 0 Å². The molecule has 0 bridgehead atoms. The number of rotatable bonds is 5. The fourth-order valence-corrected chi connectivity index (χ4v) is 2.25. The average molecular weight is 227 g/mol. The topological polar surface area (TPSA) is 41.3 Å². The molecule has 1 heterocycles. The number of hydrogen-bond acceptors (Lipinski definition) is 3. The molecule has 1 aliphatic heterocycles. The molecule has 0 aromatic rings. The second-order valence-corrected chi connectivity index (χ2v) is 6.27. The maximum Gasteiger partial charge on any atom is 0.0105 e. The fraction of sp³-hybridized carbons (Fsp3) is 1.00. The van der Waals surface area contributed by atoms with Crippen molar-refractivity contribution in [1.82, 2.24) is 10.2 Å². The Morgan fingerprint density at radius 2 is 1.88 bits per heavy atom. The van der Waals surface area contributed by atoms with Gasteiger partial charge in [-0.1, -0.05) is 20.8 Å². The van der Waals surface area contributed by atoms with E-state index in [1.807, 2.05) is 0 Å². The number of nitrogens with zero attached hydrogens (tertiary/aromatic N) is 1. The lowest BCUT2D eigenvalue weighted by Gasteiger charge is -2.32. The summed E-state index contributed by atoms with van der Waals surface area (Å²) in [7, 11) is 0. The van der Waals surface area contributed by atoms with Crippen molar-refractivity contribution in [1.29, 1.82) is 0 Å². The van der Waals surface area contributed by atoms with Gasteiger partial charge in [-0.3, -0.25) is 0 Å². The molecular formula is C13H29N3. The van der Waals surface area contributed by atoms with Gasteiger partial charge in [-0.25, -0.2) is 0 Å². The largest absolute Gasteiger partial charge is 0.329 e. The summed E-state index contributed by atoms with van der Waals surface area (Å²) in [5, 5.41) is 3.60. The van der Waals surface area contributed by atoms with Gasteiger partial charge in [0.25, 0.3) is 0 Å². The van der Waals surface area contributed by atoms with E-state index in [9.17, 15) is 0 Å². The summed E-state index contributed by atoms with van der Waals surface area (Å²) >= 11 is 0. The van der Waals surface area contributed by atoms with Crippen molar-refractivity contribution in [3.63, 3.8) is 0 Å². The molecule has 0 unspecified atom stereocenters. The molecule has 3 nitrogen and oxygen atoms in total. The maximum absolute atomic E-state index is 5.57. The van der Waals surface area contributed by atoms with Crippen molar-refractivity contribution < 1.29 is 0 Å². The van der Waals surface area contributed by atoms with Crippen LogP contribution in [0, 0.1) is 11.3 Å². The molecule has 1 aliphatic rings. The van der Waals surface area contributed by atoms with Crippen molar-refractivity contribution in [2.75, 3.05) is 39.3 Å². The lowest BCUT2D eigenvalue weighted by atomic mass is 9.94. The second-order valence-electron chi connectivity index (χ2n) is 6.27. The molecule has 1 saturated heterocycles. The van der Waals surface area contributed by atoms with Crippen LogP contribution in [0.5, 0.6) is 0 Å². The van der Waals surface area contributed by atoms with Gasteiger partial charge >= 0.3 is 0 Å². The van der Waals surface area contributed by atoms with Gasteiger partial charge in [0, 0.05) is 13.1 Å². The molecule has 0 amide bonds. The normalized spacial score (nSPS) is 20.2. The molecule has 1 fully saturated rings. The van der Waals surface area contributed by atoms with Crippen LogP contribution in [0.4, 0.5) is 0 Å². The van der Waals surface area contributed by atoms with Gasteiger partial charge in [0.05, 0.1) is 0 Å². The van der Waals surface area contributed by atoms with Crippen molar-refractivity contribution in [2.45, 2.75) is 33.6 Å². The minimum atomic E-state index is 0.403. The van der Waals surface area contributed by atoms with Crippen LogP contribution in [0.1, 0.15) is 33.6 Å². The van der Waals surface area contributed by atoms with Crippen LogP contribution in [0.2, 0.25) is 0 Å². The number of likely N-dealkylation sites (tertiary alicyclic amines) is 1. The highest BCUT2D eigenvalue weighted by molar-refractivity contribution is 4.75. The highest BCUT2D eigenvalue weighted by atomic mass is 15.1. The first-order valence-corrected chi connectivity index (χ1v) is 6.64. The minimum absolute atomic E-state index is 0.403. The van der Waals surface area contributed by atoms with E-state index >= 15 is 0 Å². The predicted molar refractivity (Wildman–Crippen MR) is 70.5 cm³/mol. The molecule has 0 aliphatic carbocycles. The van der Waals surface area contributed by atoms with Crippen LogP contribution in [0.25, 0.3) is 0 Å². The summed E-state index contributed by atoms with van der Waals surface area (Å²) in [6.45, 7) is 13.5. The van der Waals surface area contributed by atoms with Crippen molar-refractivity contribution in [3.8, 4) is 0 Å².